The Bertz CT molecular complexity index is 1210. The molecule has 130 valence electrons. The number of anilines is 1. The number of benzene rings is 2. The lowest BCUT2D eigenvalue weighted by molar-refractivity contribution is 0.102. The Hall–Kier alpha value is -3.26. The fourth-order valence-electron chi connectivity index (χ4n) is 2.71. The molecular formula is C18H14N4O3S. The monoisotopic (exact) mass is 366 g/mol. The molecule has 1 N–H and O–H groups in total. The zero-order chi connectivity index (χ0) is 18.3. The number of amides is 1. The van der Waals surface area contributed by atoms with E-state index in [1.165, 1.54) is 23.1 Å². The van der Waals surface area contributed by atoms with Gasteiger partial charge in [-0.15, -0.1) is 0 Å². The molecule has 0 atom stereocenters. The van der Waals surface area contributed by atoms with Crippen LogP contribution in [0.15, 0.2) is 47.3 Å². The van der Waals surface area contributed by atoms with Crippen LogP contribution in [0.3, 0.4) is 0 Å². The number of carbonyl (C=O) groups is 1. The molecular weight excluding hydrogens is 352 g/mol. The molecule has 2 aromatic heterocycles. The second-order valence-corrected chi connectivity index (χ2v) is 6.66. The van der Waals surface area contributed by atoms with Gasteiger partial charge in [0.2, 0.25) is 0 Å². The predicted octanol–water partition coefficient (Wildman–Crippen LogP) is 2.80. The number of thiazole rings is 1. The molecule has 7 nitrogen and oxygen atoms in total. The Morgan fingerprint density at radius 3 is 2.73 bits per heavy atom. The molecule has 0 spiro atoms. The van der Waals surface area contributed by atoms with Crippen molar-refractivity contribution < 1.29 is 9.53 Å². The van der Waals surface area contributed by atoms with Crippen LogP contribution < -0.4 is 15.6 Å². The number of nitrogens with one attached hydrogen (secondary N) is 1. The standard InChI is InChI=1S/C18H14N4O3S/c1-22-17(24)12-6-4-3-5-11(12)15(21-22)16(23)20-18-19-13-8-7-10(25-2)9-14(13)26-18/h3-9H,1-2H3,(H,19,20,23). The second-order valence-electron chi connectivity index (χ2n) is 5.63. The van der Waals surface area contributed by atoms with E-state index in [-0.39, 0.29) is 11.3 Å². The van der Waals surface area contributed by atoms with E-state index in [9.17, 15) is 9.59 Å². The summed E-state index contributed by atoms with van der Waals surface area (Å²) in [5.41, 5.74) is 0.702. The molecule has 2 heterocycles. The molecule has 0 aliphatic heterocycles. The number of carbonyl (C=O) groups excluding carboxylic acids is 1. The SMILES string of the molecule is COc1ccc2nc(NC(=O)c3nn(C)c(=O)c4ccccc34)sc2c1. The van der Waals surface area contributed by atoms with Crippen LogP contribution in [0.1, 0.15) is 10.5 Å². The van der Waals surface area contributed by atoms with Gasteiger partial charge in [0.05, 0.1) is 22.7 Å². The quantitative estimate of drug-likeness (QED) is 0.602. The van der Waals surface area contributed by atoms with Gasteiger partial charge in [-0.1, -0.05) is 29.5 Å². The van der Waals surface area contributed by atoms with Crippen molar-refractivity contribution >= 4 is 43.4 Å². The molecule has 0 fully saturated rings. The van der Waals surface area contributed by atoms with Gasteiger partial charge in [-0.05, 0) is 24.3 Å². The topological polar surface area (TPSA) is 86.1 Å². The van der Waals surface area contributed by atoms with Crippen LogP contribution in [-0.4, -0.2) is 27.8 Å². The second kappa shape index (κ2) is 6.23. The van der Waals surface area contributed by atoms with Gasteiger partial charge in [0.15, 0.2) is 10.8 Å². The molecule has 2 aromatic carbocycles. The van der Waals surface area contributed by atoms with Crippen molar-refractivity contribution in [3.05, 3.63) is 58.5 Å². The minimum Gasteiger partial charge on any atom is -0.497 e. The van der Waals surface area contributed by atoms with E-state index < -0.39 is 5.91 Å². The summed E-state index contributed by atoms with van der Waals surface area (Å²) < 4.78 is 7.27. The van der Waals surface area contributed by atoms with Gasteiger partial charge in [0.25, 0.3) is 11.5 Å². The summed E-state index contributed by atoms with van der Waals surface area (Å²) in [6.45, 7) is 0. The van der Waals surface area contributed by atoms with E-state index in [2.05, 4.69) is 15.4 Å². The van der Waals surface area contributed by atoms with Crippen LogP contribution in [0, 0.1) is 0 Å². The van der Waals surface area contributed by atoms with Crippen LogP contribution in [0.4, 0.5) is 5.13 Å². The van der Waals surface area contributed by atoms with Crippen LogP contribution >= 0.6 is 11.3 Å². The molecule has 26 heavy (non-hydrogen) atoms. The number of fused-ring (bicyclic) bond motifs is 2. The summed E-state index contributed by atoms with van der Waals surface area (Å²) in [7, 11) is 3.12. The van der Waals surface area contributed by atoms with Crippen molar-refractivity contribution in [3.63, 3.8) is 0 Å². The number of aryl methyl sites for hydroxylation is 1. The third-order valence-electron chi connectivity index (χ3n) is 3.99. The summed E-state index contributed by atoms with van der Waals surface area (Å²) in [4.78, 5) is 29.3. The first-order chi connectivity index (χ1) is 12.6. The number of rotatable bonds is 3. The van der Waals surface area contributed by atoms with Crippen molar-refractivity contribution in [1.82, 2.24) is 14.8 Å². The molecule has 0 radical (unpaired) electrons. The van der Waals surface area contributed by atoms with E-state index in [1.54, 1.807) is 31.4 Å². The van der Waals surface area contributed by atoms with E-state index in [4.69, 9.17) is 4.74 Å². The third kappa shape index (κ3) is 2.70. The number of nitrogens with zero attached hydrogens (tertiary/aromatic N) is 3. The minimum absolute atomic E-state index is 0.180. The first-order valence-electron chi connectivity index (χ1n) is 7.79. The maximum Gasteiger partial charge on any atom is 0.278 e. The lowest BCUT2D eigenvalue weighted by atomic mass is 10.1. The van der Waals surface area contributed by atoms with Gasteiger partial charge in [0.1, 0.15) is 5.75 Å². The summed E-state index contributed by atoms with van der Waals surface area (Å²) in [6, 6.07) is 12.4. The fraction of sp³-hybridized carbons (Fsp3) is 0.111. The molecule has 0 bridgehead atoms. The molecule has 8 heteroatoms. The molecule has 0 saturated carbocycles. The Morgan fingerprint density at radius 1 is 1.19 bits per heavy atom. The number of ether oxygens (including phenoxy) is 1. The van der Waals surface area contributed by atoms with Gasteiger partial charge in [0, 0.05) is 12.4 Å². The van der Waals surface area contributed by atoms with Crippen molar-refractivity contribution in [2.75, 3.05) is 12.4 Å². The van der Waals surface area contributed by atoms with Crippen molar-refractivity contribution in [2.24, 2.45) is 7.05 Å². The predicted molar refractivity (Wildman–Crippen MR) is 101 cm³/mol. The smallest absolute Gasteiger partial charge is 0.278 e. The van der Waals surface area contributed by atoms with Gasteiger partial charge in [-0.25, -0.2) is 9.67 Å². The summed E-state index contributed by atoms with van der Waals surface area (Å²) in [5.74, 6) is 0.313. The van der Waals surface area contributed by atoms with E-state index in [1.807, 2.05) is 18.2 Å². The lowest BCUT2D eigenvalue weighted by Gasteiger charge is -2.07. The first kappa shape index (κ1) is 16.2. The zero-order valence-electron chi connectivity index (χ0n) is 14.0. The van der Waals surface area contributed by atoms with Gasteiger partial charge < -0.3 is 4.74 Å². The van der Waals surface area contributed by atoms with Gasteiger partial charge in [-0.2, -0.15) is 5.10 Å². The van der Waals surface area contributed by atoms with Crippen LogP contribution in [0.2, 0.25) is 0 Å². The highest BCUT2D eigenvalue weighted by Crippen LogP contribution is 2.29. The Balaban J connectivity index is 1.74. The number of hydrogen-bond donors (Lipinski definition) is 1. The highest BCUT2D eigenvalue weighted by atomic mass is 32.1. The van der Waals surface area contributed by atoms with Gasteiger partial charge >= 0.3 is 0 Å². The average molecular weight is 366 g/mol. The summed E-state index contributed by atoms with van der Waals surface area (Å²) in [6.07, 6.45) is 0. The molecule has 4 aromatic rings. The van der Waals surface area contributed by atoms with Gasteiger partial charge in [-0.3, -0.25) is 14.9 Å². The maximum absolute atomic E-state index is 12.7. The van der Waals surface area contributed by atoms with Crippen LogP contribution in [0.5, 0.6) is 5.75 Å². The Kier molecular flexibility index (Phi) is 3.89. The molecule has 0 aliphatic rings. The highest BCUT2D eigenvalue weighted by Gasteiger charge is 2.17. The fourth-order valence-corrected chi connectivity index (χ4v) is 3.60. The molecule has 0 saturated heterocycles. The maximum atomic E-state index is 12.7. The Morgan fingerprint density at radius 2 is 1.96 bits per heavy atom. The van der Waals surface area contributed by atoms with Crippen LogP contribution in [0.25, 0.3) is 21.0 Å². The van der Waals surface area contributed by atoms with Crippen LogP contribution in [-0.2, 0) is 7.05 Å². The third-order valence-corrected chi connectivity index (χ3v) is 4.92. The molecule has 1 amide bonds. The van der Waals surface area contributed by atoms with Crippen molar-refractivity contribution in [1.29, 1.82) is 0 Å². The Labute approximate surface area is 151 Å². The van der Waals surface area contributed by atoms with E-state index >= 15 is 0 Å². The lowest BCUT2D eigenvalue weighted by Crippen LogP contribution is -2.25. The van der Waals surface area contributed by atoms with Crippen molar-refractivity contribution in [2.45, 2.75) is 0 Å². The largest absolute Gasteiger partial charge is 0.497 e. The summed E-state index contributed by atoms with van der Waals surface area (Å²) >= 11 is 1.34. The summed E-state index contributed by atoms with van der Waals surface area (Å²) in [5, 5.41) is 8.32. The average Bonchev–Trinajstić information content (AvgIpc) is 3.05. The zero-order valence-corrected chi connectivity index (χ0v) is 14.8. The van der Waals surface area contributed by atoms with E-state index in [0.29, 0.717) is 15.9 Å². The number of hydrogen-bond acceptors (Lipinski definition) is 6. The normalized spacial score (nSPS) is 11.0. The first-order valence-corrected chi connectivity index (χ1v) is 8.60. The minimum atomic E-state index is -0.414. The highest BCUT2D eigenvalue weighted by molar-refractivity contribution is 7.22. The number of aromatic nitrogens is 3. The molecule has 0 unspecified atom stereocenters. The number of methoxy groups -OCH3 is 1. The van der Waals surface area contributed by atoms with Crippen molar-refractivity contribution in [3.8, 4) is 5.75 Å². The molecule has 4 rings (SSSR count). The van der Waals surface area contributed by atoms with E-state index in [0.717, 1.165) is 16.0 Å². The molecule has 0 aliphatic carbocycles.